The fraction of sp³-hybridized carbons (Fsp3) is 0.833. The van der Waals surface area contributed by atoms with Gasteiger partial charge in [-0.1, -0.05) is 40.0 Å². The van der Waals surface area contributed by atoms with Gasteiger partial charge in [0.25, 0.3) is 0 Å². The molecule has 182 valence electrons. The molecule has 8 nitrogen and oxygen atoms in total. The molecule has 0 spiro atoms. The van der Waals surface area contributed by atoms with Gasteiger partial charge < -0.3 is 25.5 Å². The van der Waals surface area contributed by atoms with E-state index >= 15 is 0 Å². The van der Waals surface area contributed by atoms with E-state index < -0.39 is 24.1 Å². The quantitative estimate of drug-likeness (QED) is 0.395. The highest BCUT2D eigenvalue weighted by molar-refractivity contribution is 5.88. The second-order valence-electron chi connectivity index (χ2n) is 9.78. The molecule has 0 radical (unpaired) electrons. The molecule has 0 aromatic carbocycles. The Morgan fingerprint density at radius 2 is 1.88 bits per heavy atom. The number of carbonyl (C=O) groups is 4. The van der Waals surface area contributed by atoms with Crippen molar-refractivity contribution >= 4 is 24.2 Å². The van der Waals surface area contributed by atoms with Gasteiger partial charge in [0, 0.05) is 12.5 Å². The molecule has 1 heterocycles. The average Bonchev–Trinajstić information content (AvgIpc) is 3.16. The van der Waals surface area contributed by atoms with Gasteiger partial charge in [0.1, 0.15) is 18.4 Å². The van der Waals surface area contributed by atoms with Crippen LogP contribution < -0.4 is 16.0 Å². The number of aldehydes is 1. The third-order valence-electron chi connectivity index (χ3n) is 6.54. The van der Waals surface area contributed by atoms with Crippen LogP contribution >= 0.6 is 0 Å². The standard InChI is InChI=1S/C24H41N3O5/c1-4-5-6-17-7-9-20(10-8-17)32-24(31)27-21(13-16(2)3)23(30)26-19(15-28)14-18-11-12-25-22(18)29/h15-21H,4-14H2,1-3H3,(H,25,29)(H,26,30)(H,27,31)/t17?,18-,19-,20?,21-/m0/s1. The summed E-state index contributed by atoms with van der Waals surface area (Å²) in [6, 6.07) is -1.55. The van der Waals surface area contributed by atoms with Gasteiger partial charge in [-0.15, -0.1) is 0 Å². The maximum absolute atomic E-state index is 12.8. The summed E-state index contributed by atoms with van der Waals surface area (Å²) in [5.74, 6) is 0.0969. The molecule has 1 saturated heterocycles. The van der Waals surface area contributed by atoms with Gasteiger partial charge in [-0.2, -0.15) is 0 Å². The minimum atomic E-state index is -0.789. The number of ether oxygens (including phenoxy) is 1. The van der Waals surface area contributed by atoms with E-state index in [4.69, 9.17) is 4.74 Å². The third kappa shape index (κ3) is 8.79. The number of carbonyl (C=O) groups excluding carboxylic acids is 4. The highest BCUT2D eigenvalue weighted by atomic mass is 16.6. The van der Waals surface area contributed by atoms with Crippen LogP contribution in [0.25, 0.3) is 0 Å². The van der Waals surface area contributed by atoms with Crippen molar-refractivity contribution in [1.82, 2.24) is 16.0 Å². The zero-order valence-corrected chi connectivity index (χ0v) is 19.9. The average molecular weight is 452 g/mol. The zero-order chi connectivity index (χ0) is 23.5. The molecule has 1 saturated carbocycles. The van der Waals surface area contributed by atoms with Crippen LogP contribution in [0.4, 0.5) is 4.79 Å². The van der Waals surface area contributed by atoms with Gasteiger partial charge in [-0.05, 0) is 56.8 Å². The van der Waals surface area contributed by atoms with Gasteiger partial charge >= 0.3 is 6.09 Å². The SMILES string of the molecule is CCCCC1CCC(OC(=O)N[C@@H](CC(C)C)C(=O)N[C@H](C=O)C[C@@H]2CCNC2=O)CC1. The largest absolute Gasteiger partial charge is 0.446 e. The number of alkyl carbamates (subject to hydrolysis) is 1. The molecule has 32 heavy (non-hydrogen) atoms. The van der Waals surface area contributed by atoms with E-state index in [9.17, 15) is 19.2 Å². The summed E-state index contributed by atoms with van der Waals surface area (Å²) < 4.78 is 5.61. The smallest absolute Gasteiger partial charge is 0.408 e. The normalized spacial score (nSPS) is 25.0. The van der Waals surface area contributed by atoms with Crippen LogP contribution in [0, 0.1) is 17.8 Å². The molecule has 3 atom stereocenters. The van der Waals surface area contributed by atoms with Gasteiger partial charge in [0.2, 0.25) is 11.8 Å². The van der Waals surface area contributed by atoms with E-state index in [1.165, 1.54) is 19.3 Å². The molecule has 0 aromatic rings. The fourth-order valence-electron chi connectivity index (χ4n) is 4.67. The van der Waals surface area contributed by atoms with E-state index in [0.29, 0.717) is 25.7 Å². The maximum atomic E-state index is 12.8. The van der Waals surface area contributed by atoms with Gasteiger partial charge in [-0.3, -0.25) is 9.59 Å². The maximum Gasteiger partial charge on any atom is 0.408 e. The number of rotatable bonds is 12. The predicted molar refractivity (Wildman–Crippen MR) is 122 cm³/mol. The van der Waals surface area contributed by atoms with Crippen molar-refractivity contribution in [3.8, 4) is 0 Å². The van der Waals surface area contributed by atoms with Crippen molar-refractivity contribution < 1.29 is 23.9 Å². The Kier molecular flexibility index (Phi) is 11.0. The first-order valence-electron chi connectivity index (χ1n) is 12.3. The molecular formula is C24H41N3O5. The predicted octanol–water partition coefficient (Wildman–Crippen LogP) is 3.09. The first-order valence-corrected chi connectivity index (χ1v) is 12.3. The number of amides is 3. The highest BCUT2D eigenvalue weighted by Crippen LogP contribution is 2.29. The Balaban J connectivity index is 1.84. The number of nitrogens with one attached hydrogen (secondary N) is 3. The highest BCUT2D eigenvalue weighted by Gasteiger charge is 2.31. The Hall–Kier alpha value is -2.12. The van der Waals surface area contributed by atoms with Gasteiger partial charge in [0.05, 0.1) is 6.04 Å². The van der Waals surface area contributed by atoms with Crippen molar-refractivity contribution in [3.63, 3.8) is 0 Å². The van der Waals surface area contributed by atoms with E-state index in [-0.39, 0.29) is 30.3 Å². The van der Waals surface area contributed by atoms with Crippen LogP contribution in [0.15, 0.2) is 0 Å². The lowest BCUT2D eigenvalue weighted by molar-refractivity contribution is -0.127. The summed E-state index contributed by atoms with van der Waals surface area (Å²) in [4.78, 5) is 48.6. The number of hydrogen-bond donors (Lipinski definition) is 3. The first-order chi connectivity index (χ1) is 15.3. The van der Waals surface area contributed by atoms with Gasteiger partial charge in [-0.25, -0.2) is 4.79 Å². The van der Waals surface area contributed by atoms with E-state index in [1.807, 2.05) is 13.8 Å². The van der Waals surface area contributed by atoms with E-state index in [0.717, 1.165) is 31.6 Å². The van der Waals surface area contributed by atoms with Crippen LogP contribution in [0.1, 0.15) is 85.0 Å². The fourth-order valence-corrected chi connectivity index (χ4v) is 4.67. The second-order valence-corrected chi connectivity index (χ2v) is 9.78. The third-order valence-corrected chi connectivity index (χ3v) is 6.54. The minimum absolute atomic E-state index is 0.0871. The Labute approximate surface area is 192 Å². The summed E-state index contributed by atoms with van der Waals surface area (Å²) in [6.07, 6.45) is 8.87. The molecular weight excluding hydrogens is 410 g/mol. The van der Waals surface area contributed by atoms with Crippen LogP contribution in [0.5, 0.6) is 0 Å². The van der Waals surface area contributed by atoms with Crippen molar-refractivity contribution in [3.05, 3.63) is 0 Å². The molecule has 2 aliphatic rings. The van der Waals surface area contributed by atoms with Gasteiger partial charge in [0.15, 0.2) is 0 Å². The van der Waals surface area contributed by atoms with Crippen molar-refractivity contribution in [1.29, 1.82) is 0 Å². The molecule has 2 fully saturated rings. The van der Waals surface area contributed by atoms with E-state index in [1.54, 1.807) is 0 Å². The number of hydrogen-bond acceptors (Lipinski definition) is 5. The summed E-state index contributed by atoms with van der Waals surface area (Å²) in [6.45, 7) is 6.72. The molecule has 1 aliphatic carbocycles. The molecule has 0 aromatic heterocycles. The van der Waals surface area contributed by atoms with Crippen LogP contribution in [0.2, 0.25) is 0 Å². The molecule has 3 N–H and O–H groups in total. The molecule has 2 rings (SSSR count). The number of unbranched alkanes of at least 4 members (excludes halogenated alkanes) is 1. The molecule has 1 aliphatic heterocycles. The lowest BCUT2D eigenvalue weighted by Gasteiger charge is -2.29. The minimum Gasteiger partial charge on any atom is -0.446 e. The monoisotopic (exact) mass is 451 g/mol. The zero-order valence-electron chi connectivity index (χ0n) is 19.9. The lowest BCUT2D eigenvalue weighted by Crippen LogP contribution is -2.51. The topological polar surface area (TPSA) is 114 Å². The summed E-state index contributed by atoms with van der Waals surface area (Å²) in [5, 5.41) is 8.14. The van der Waals surface area contributed by atoms with Crippen LogP contribution in [-0.2, 0) is 19.1 Å². The molecule has 0 unspecified atom stereocenters. The van der Waals surface area contributed by atoms with E-state index in [2.05, 4.69) is 22.9 Å². The summed E-state index contributed by atoms with van der Waals surface area (Å²) in [5.41, 5.74) is 0. The lowest BCUT2D eigenvalue weighted by atomic mass is 9.84. The van der Waals surface area contributed by atoms with Crippen molar-refractivity contribution in [2.24, 2.45) is 17.8 Å². The molecule has 0 bridgehead atoms. The summed E-state index contributed by atoms with van der Waals surface area (Å²) >= 11 is 0. The first kappa shape index (κ1) is 26.1. The van der Waals surface area contributed by atoms with Crippen LogP contribution in [-0.4, -0.2) is 48.9 Å². The van der Waals surface area contributed by atoms with Crippen molar-refractivity contribution in [2.45, 2.75) is 103 Å². The second kappa shape index (κ2) is 13.4. The molecule has 3 amide bonds. The molecule has 8 heteroatoms. The van der Waals surface area contributed by atoms with Crippen molar-refractivity contribution in [2.75, 3.05) is 6.54 Å². The Bertz CT molecular complexity index is 631. The summed E-state index contributed by atoms with van der Waals surface area (Å²) in [7, 11) is 0. The Morgan fingerprint density at radius 1 is 1.16 bits per heavy atom. The van der Waals surface area contributed by atoms with Crippen LogP contribution in [0.3, 0.4) is 0 Å². The Morgan fingerprint density at radius 3 is 2.44 bits per heavy atom.